The van der Waals surface area contributed by atoms with Gasteiger partial charge in [-0.15, -0.1) is 0 Å². The van der Waals surface area contributed by atoms with Crippen molar-refractivity contribution in [3.05, 3.63) is 0 Å². The molecule has 0 radical (unpaired) electrons. The Hall–Kier alpha value is -0.0800. The molecule has 0 bridgehead atoms. The van der Waals surface area contributed by atoms with Gasteiger partial charge >= 0.3 is 0 Å². The van der Waals surface area contributed by atoms with Crippen LogP contribution in [0.5, 0.6) is 0 Å². The Bertz CT molecular complexity index is 132. The van der Waals surface area contributed by atoms with Crippen molar-refractivity contribution in [1.29, 1.82) is 0 Å². The molecule has 1 aliphatic heterocycles. The third-order valence-electron chi connectivity index (χ3n) is 2.16. The van der Waals surface area contributed by atoms with Gasteiger partial charge in [-0.25, -0.2) is 0 Å². The first kappa shape index (κ1) is 9.01. The van der Waals surface area contributed by atoms with E-state index in [1.54, 1.807) is 0 Å². The van der Waals surface area contributed by atoms with Crippen molar-refractivity contribution in [2.75, 3.05) is 19.7 Å². The molecule has 0 aromatic rings. The molecular weight excluding hydrogens is 138 g/mol. The maximum absolute atomic E-state index is 5.58. The van der Waals surface area contributed by atoms with Crippen LogP contribution in [0.2, 0.25) is 0 Å². The molecule has 1 aliphatic rings. The van der Waals surface area contributed by atoms with Crippen molar-refractivity contribution in [2.24, 2.45) is 5.92 Å². The summed E-state index contributed by atoms with van der Waals surface area (Å²) in [5, 5.41) is 0. The highest BCUT2D eigenvalue weighted by molar-refractivity contribution is 4.78. The zero-order valence-electron chi connectivity index (χ0n) is 8.05. The second-order valence-corrected chi connectivity index (χ2v) is 4.14. The van der Waals surface area contributed by atoms with E-state index in [4.69, 9.17) is 4.74 Å². The maximum atomic E-state index is 5.58. The number of rotatable bonds is 2. The van der Waals surface area contributed by atoms with Crippen LogP contribution in [0, 0.1) is 5.92 Å². The third kappa shape index (κ3) is 2.17. The van der Waals surface area contributed by atoms with E-state index in [0.29, 0.717) is 0 Å². The molecule has 0 aromatic heterocycles. The first-order valence-corrected chi connectivity index (χ1v) is 4.41. The van der Waals surface area contributed by atoms with Gasteiger partial charge in [-0.1, -0.05) is 13.8 Å². The van der Waals surface area contributed by atoms with Crippen molar-refractivity contribution in [2.45, 2.75) is 33.4 Å². The average Bonchev–Trinajstić information content (AvgIpc) is 2.10. The molecule has 0 unspecified atom stereocenters. The van der Waals surface area contributed by atoms with Crippen molar-refractivity contribution in [3.8, 4) is 0 Å². The highest BCUT2D eigenvalue weighted by Gasteiger charge is 2.32. The molecule has 1 rings (SSSR count). The molecule has 0 spiro atoms. The predicted molar refractivity (Wildman–Crippen MR) is 46.4 cm³/mol. The van der Waals surface area contributed by atoms with E-state index >= 15 is 0 Å². The molecule has 66 valence electrons. The zero-order valence-corrected chi connectivity index (χ0v) is 8.05. The Morgan fingerprint density at radius 2 is 2.09 bits per heavy atom. The minimum absolute atomic E-state index is 0.0235. The monoisotopic (exact) mass is 157 g/mol. The molecule has 0 aliphatic carbocycles. The van der Waals surface area contributed by atoms with Crippen molar-refractivity contribution in [3.63, 3.8) is 0 Å². The first-order valence-electron chi connectivity index (χ1n) is 4.41. The van der Waals surface area contributed by atoms with Crippen LogP contribution >= 0.6 is 0 Å². The first-order chi connectivity index (χ1) is 5.02. The number of hydrogen-bond acceptors (Lipinski definition) is 2. The molecular formula is C9H19NO. The van der Waals surface area contributed by atoms with Crippen molar-refractivity contribution >= 4 is 0 Å². The zero-order chi connectivity index (χ0) is 8.48. The number of nitrogens with zero attached hydrogens (tertiary/aromatic N) is 1. The molecule has 1 saturated heterocycles. The third-order valence-corrected chi connectivity index (χ3v) is 2.16. The number of ether oxygens (including phenoxy) is 1. The quantitative estimate of drug-likeness (QED) is 0.605. The van der Waals surface area contributed by atoms with E-state index in [-0.39, 0.29) is 5.72 Å². The summed E-state index contributed by atoms with van der Waals surface area (Å²) in [4.78, 5) is 2.40. The Labute approximate surface area is 69.5 Å². The van der Waals surface area contributed by atoms with Gasteiger partial charge in [-0.2, -0.15) is 0 Å². The van der Waals surface area contributed by atoms with E-state index in [0.717, 1.165) is 25.6 Å². The standard InChI is InChI=1S/C9H19NO/c1-8(2)7-10-5-6-11-9(10,3)4/h8H,5-7H2,1-4H3. The lowest BCUT2D eigenvalue weighted by Crippen LogP contribution is -2.41. The van der Waals surface area contributed by atoms with Crippen LogP contribution in [0.25, 0.3) is 0 Å². The van der Waals surface area contributed by atoms with Crippen LogP contribution in [0.4, 0.5) is 0 Å². The topological polar surface area (TPSA) is 12.5 Å². The summed E-state index contributed by atoms with van der Waals surface area (Å²) in [6, 6.07) is 0. The van der Waals surface area contributed by atoms with Gasteiger partial charge in [0.05, 0.1) is 6.61 Å². The van der Waals surface area contributed by atoms with Gasteiger partial charge in [-0.05, 0) is 19.8 Å². The van der Waals surface area contributed by atoms with Gasteiger partial charge < -0.3 is 4.74 Å². The highest BCUT2D eigenvalue weighted by Crippen LogP contribution is 2.22. The Morgan fingerprint density at radius 1 is 1.45 bits per heavy atom. The largest absolute Gasteiger partial charge is 0.360 e. The lowest BCUT2D eigenvalue weighted by Gasteiger charge is -2.30. The smallest absolute Gasteiger partial charge is 0.116 e. The van der Waals surface area contributed by atoms with Gasteiger partial charge in [0.1, 0.15) is 5.72 Å². The van der Waals surface area contributed by atoms with E-state index in [9.17, 15) is 0 Å². The van der Waals surface area contributed by atoms with E-state index in [1.165, 1.54) is 0 Å². The second kappa shape index (κ2) is 3.11. The molecule has 0 amide bonds. The van der Waals surface area contributed by atoms with E-state index in [2.05, 4.69) is 32.6 Å². The molecule has 0 saturated carbocycles. The van der Waals surface area contributed by atoms with Crippen LogP contribution in [-0.2, 0) is 4.74 Å². The van der Waals surface area contributed by atoms with Crippen LogP contribution in [-0.4, -0.2) is 30.3 Å². The van der Waals surface area contributed by atoms with Gasteiger partial charge in [0, 0.05) is 13.1 Å². The van der Waals surface area contributed by atoms with Gasteiger partial charge in [0.15, 0.2) is 0 Å². The summed E-state index contributed by atoms with van der Waals surface area (Å²) in [5.41, 5.74) is -0.0235. The van der Waals surface area contributed by atoms with Gasteiger partial charge in [0.2, 0.25) is 0 Å². The second-order valence-electron chi connectivity index (χ2n) is 4.14. The van der Waals surface area contributed by atoms with Crippen LogP contribution in [0.1, 0.15) is 27.7 Å². The Balaban J connectivity index is 2.45. The summed E-state index contributed by atoms with van der Waals surface area (Å²) >= 11 is 0. The molecule has 0 atom stereocenters. The summed E-state index contributed by atoms with van der Waals surface area (Å²) in [6.07, 6.45) is 0. The van der Waals surface area contributed by atoms with Crippen LogP contribution in [0.15, 0.2) is 0 Å². The van der Waals surface area contributed by atoms with Crippen LogP contribution < -0.4 is 0 Å². The normalized spacial score (nSPS) is 24.8. The Morgan fingerprint density at radius 3 is 2.45 bits per heavy atom. The molecule has 1 heterocycles. The maximum Gasteiger partial charge on any atom is 0.116 e. The molecule has 1 fully saturated rings. The summed E-state index contributed by atoms with van der Waals surface area (Å²) in [7, 11) is 0. The summed E-state index contributed by atoms with van der Waals surface area (Å²) < 4.78 is 5.58. The highest BCUT2D eigenvalue weighted by atomic mass is 16.5. The van der Waals surface area contributed by atoms with Crippen molar-refractivity contribution in [1.82, 2.24) is 4.90 Å². The average molecular weight is 157 g/mol. The lowest BCUT2D eigenvalue weighted by atomic mass is 10.1. The van der Waals surface area contributed by atoms with Gasteiger partial charge in [-0.3, -0.25) is 4.90 Å². The molecule has 0 N–H and O–H groups in total. The molecule has 11 heavy (non-hydrogen) atoms. The SMILES string of the molecule is CC(C)CN1CCOC1(C)C. The number of hydrogen-bond donors (Lipinski definition) is 0. The Kier molecular flexibility index (Phi) is 2.55. The van der Waals surface area contributed by atoms with Gasteiger partial charge in [0.25, 0.3) is 0 Å². The molecule has 0 aromatic carbocycles. The van der Waals surface area contributed by atoms with E-state index < -0.39 is 0 Å². The lowest BCUT2D eigenvalue weighted by molar-refractivity contribution is -0.0537. The summed E-state index contributed by atoms with van der Waals surface area (Å²) in [5.74, 6) is 0.732. The fraction of sp³-hybridized carbons (Fsp3) is 1.00. The van der Waals surface area contributed by atoms with E-state index in [1.807, 2.05) is 0 Å². The minimum atomic E-state index is -0.0235. The fourth-order valence-corrected chi connectivity index (χ4v) is 1.52. The minimum Gasteiger partial charge on any atom is -0.360 e. The van der Waals surface area contributed by atoms with Crippen LogP contribution in [0.3, 0.4) is 0 Å². The molecule has 2 heteroatoms. The molecule has 2 nitrogen and oxygen atoms in total. The predicted octanol–water partition coefficient (Wildman–Crippen LogP) is 1.71. The summed E-state index contributed by atoms with van der Waals surface area (Å²) in [6.45, 7) is 11.9. The fourth-order valence-electron chi connectivity index (χ4n) is 1.52. The van der Waals surface area contributed by atoms with Crippen molar-refractivity contribution < 1.29 is 4.74 Å².